The minimum absolute atomic E-state index is 0.113. The number of pyridine rings is 1. The molecule has 3 atom stereocenters. The Morgan fingerprint density at radius 2 is 1.82 bits per heavy atom. The molecule has 0 saturated carbocycles. The van der Waals surface area contributed by atoms with Crippen LogP contribution in [0, 0.1) is 0 Å². The van der Waals surface area contributed by atoms with Gasteiger partial charge in [-0.1, -0.05) is 30.7 Å². The topological polar surface area (TPSA) is 69.3 Å². The largest absolute Gasteiger partial charge is 0.363 e. The van der Waals surface area contributed by atoms with Crippen LogP contribution in [-0.4, -0.2) is 41.1 Å². The Balaban J connectivity index is 1.09. The number of carbonyl (C=O) groups is 1. The molecule has 0 radical (unpaired) electrons. The molecule has 6 nitrogen and oxygen atoms in total. The van der Waals surface area contributed by atoms with Gasteiger partial charge in [-0.3, -0.25) is 0 Å². The van der Waals surface area contributed by atoms with E-state index in [2.05, 4.69) is 58.2 Å². The standard InChI is InChI=1S/C28H33N5O/c1-33-22-6-4-7-23(33)17-21(16-22)30-28(34)29-20-11-13-25-19(15-20)10-14-27(31-25)32-26-12-9-18-5-2-3-8-24(18)26/h2-3,5,8,10-11,13-15,21-23,26H,4,6-7,9,12,16-17H2,1H3,(H,31,32)(H2,29,30,34)/t21?,22?,23?,26-/m1/s1. The summed E-state index contributed by atoms with van der Waals surface area (Å²) in [6.45, 7) is 0. The van der Waals surface area contributed by atoms with E-state index in [0.29, 0.717) is 18.1 Å². The number of fused-ring (bicyclic) bond motifs is 4. The van der Waals surface area contributed by atoms with Gasteiger partial charge >= 0.3 is 6.03 Å². The van der Waals surface area contributed by atoms with Crippen molar-refractivity contribution in [1.82, 2.24) is 15.2 Å². The van der Waals surface area contributed by atoms with Gasteiger partial charge in [0.15, 0.2) is 0 Å². The number of amides is 2. The molecule has 3 aliphatic rings. The summed E-state index contributed by atoms with van der Waals surface area (Å²) in [5, 5.41) is 10.9. The lowest BCUT2D eigenvalue weighted by molar-refractivity contribution is 0.0513. The summed E-state index contributed by atoms with van der Waals surface area (Å²) in [4.78, 5) is 20.0. The van der Waals surface area contributed by atoms with E-state index in [1.807, 2.05) is 24.3 Å². The number of nitrogens with zero attached hydrogens (tertiary/aromatic N) is 2. The molecule has 2 bridgehead atoms. The summed E-state index contributed by atoms with van der Waals surface area (Å²) >= 11 is 0. The molecule has 2 fully saturated rings. The molecule has 6 rings (SSSR count). The molecule has 0 spiro atoms. The molecule has 1 aliphatic carbocycles. The van der Waals surface area contributed by atoms with E-state index in [-0.39, 0.29) is 12.1 Å². The molecule has 34 heavy (non-hydrogen) atoms. The molecule has 3 N–H and O–H groups in total. The van der Waals surface area contributed by atoms with Crippen LogP contribution in [0.15, 0.2) is 54.6 Å². The van der Waals surface area contributed by atoms with Crippen molar-refractivity contribution in [2.75, 3.05) is 17.7 Å². The number of nitrogens with one attached hydrogen (secondary N) is 3. The first-order valence-electron chi connectivity index (χ1n) is 12.7. The first-order valence-corrected chi connectivity index (χ1v) is 12.7. The minimum Gasteiger partial charge on any atom is -0.363 e. The summed E-state index contributed by atoms with van der Waals surface area (Å²) in [5.41, 5.74) is 4.53. The Labute approximate surface area is 201 Å². The zero-order chi connectivity index (χ0) is 23.1. The minimum atomic E-state index is -0.113. The fraction of sp³-hybridized carbons (Fsp3) is 0.429. The van der Waals surface area contributed by atoms with Gasteiger partial charge in [-0.2, -0.15) is 0 Å². The van der Waals surface area contributed by atoms with Gasteiger partial charge in [0.05, 0.1) is 11.6 Å². The Hall–Kier alpha value is -3.12. The third kappa shape index (κ3) is 4.23. The number of aryl methyl sites for hydroxylation is 1. The molecule has 2 aromatic carbocycles. The van der Waals surface area contributed by atoms with Crippen LogP contribution in [0.1, 0.15) is 55.7 Å². The highest BCUT2D eigenvalue weighted by Crippen LogP contribution is 2.34. The molecule has 2 aliphatic heterocycles. The summed E-state index contributed by atoms with van der Waals surface area (Å²) in [6.07, 6.45) is 8.10. The number of rotatable bonds is 4. The normalized spacial score (nSPS) is 26.1. The van der Waals surface area contributed by atoms with E-state index in [1.165, 1.54) is 30.4 Å². The molecule has 6 heteroatoms. The van der Waals surface area contributed by atoms with Crippen molar-refractivity contribution >= 4 is 28.4 Å². The average molecular weight is 456 g/mol. The Bertz CT molecular complexity index is 1200. The van der Waals surface area contributed by atoms with Gasteiger partial charge in [0.25, 0.3) is 0 Å². The summed E-state index contributed by atoms with van der Waals surface area (Å²) in [5.74, 6) is 0.889. The molecular weight excluding hydrogens is 422 g/mol. The third-order valence-corrected chi connectivity index (χ3v) is 8.08. The lowest BCUT2D eigenvalue weighted by atomic mass is 9.82. The Morgan fingerprint density at radius 1 is 1.00 bits per heavy atom. The highest BCUT2D eigenvalue weighted by Gasteiger charge is 2.36. The van der Waals surface area contributed by atoms with Crippen molar-refractivity contribution < 1.29 is 4.79 Å². The van der Waals surface area contributed by atoms with Crippen molar-refractivity contribution in [2.24, 2.45) is 0 Å². The Kier molecular flexibility index (Phi) is 5.61. The maximum absolute atomic E-state index is 12.7. The van der Waals surface area contributed by atoms with Crippen LogP contribution >= 0.6 is 0 Å². The van der Waals surface area contributed by atoms with Crippen molar-refractivity contribution in [1.29, 1.82) is 0 Å². The van der Waals surface area contributed by atoms with E-state index >= 15 is 0 Å². The second-order valence-corrected chi connectivity index (χ2v) is 10.2. The van der Waals surface area contributed by atoms with Crippen LogP contribution in [0.25, 0.3) is 10.9 Å². The fourth-order valence-corrected chi connectivity index (χ4v) is 6.26. The van der Waals surface area contributed by atoms with Crippen LogP contribution in [0.4, 0.5) is 16.3 Å². The van der Waals surface area contributed by atoms with E-state index in [0.717, 1.165) is 48.1 Å². The van der Waals surface area contributed by atoms with E-state index in [4.69, 9.17) is 4.98 Å². The van der Waals surface area contributed by atoms with E-state index < -0.39 is 0 Å². The first-order chi connectivity index (χ1) is 16.6. The van der Waals surface area contributed by atoms with E-state index in [1.54, 1.807) is 0 Å². The summed E-state index contributed by atoms with van der Waals surface area (Å²) in [7, 11) is 2.24. The number of aromatic nitrogens is 1. The zero-order valence-corrected chi connectivity index (χ0v) is 19.8. The molecule has 2 amide bonds. The highest BCUT2D eigenvalue weighted by molar-refractivity contribution is 5.93. The van der Waals surface area contributed by atoms with Crippen LogP contribution in [-0.2, 0) is 6.42 Å². The van der Waals surface area contributed by atoms with Crippen molar-refractivity contribution in [3.8, 4) is 0 Å². The fourth-order valence-electron chi connectivity index (χ4n) is 6.26. The first kappa shape index (κ1) is 21.4. The van der Waals surface area contributed by atoms with Gasteiger partial charge in [-0.15, -0.1) is 0 Å². The van der Waals surface area contributed by atoms with E-state index in [9.17, 15) is 4.79 Å². The van der Waals surface area contributed by atoms with Crippen LogP contribution < -0.4 is 16.0 Å². The second kappa shape index (κ2) is 8.91. The quantitative estimate of drug-likeness (QED) is 0.488. The number of hydrogen-bond donors (Lipinski definition) is 3. The number of carbonyl (C=O) groups excluding carboxylic acids is 1. The van der Waals surface area contributed by atoms with Crippen LogP contribution in [0.5, 0.6) is 0 Å². The van der Waals surface area contributed by atoms with Gasteiger partial charge in [-0.25, -0.2) is 9.78 Å². The number of benzene rings is 2. The average Bonchev–Trinajstić information content (AvgIpc) is 3.23. The summed E-state index contributed by atoms with van der Waals surface area (Å²) in [6, 6.07) is 20.3. The van der Waals surface area contributed by atoms with Crippen LogP contribution in [0.3, 0.4) is 0 Å². The SMILES string of the molecule is CN1C2CCCC1CC(NC(=O)Nc1ccc3nc(N[C@@H]4CCc5ccccc54)ccc3c1)C2. The van der Waals surface area contributed by atoms with Gasteiger partial charge in [0.1, 0.15) is 5.82 Å². The molecular formula is C28H33N5O. The second-order valence-electron chi connectivity index (χ2n) is 10.2. The molecule has 2 unspecified atom stereocenters. The molecule has 1 aromatic heterocycles. The molecule has 3 heterocycles. The maximum atomic E-state index is 12.7. The van der Waals surface area contributed by atoms with Gasteiger partial charge in [-0.05, 0) is 87.0 Å². The number of piperidine rings is 2. The number of hydrogen-bond acceptors (Lipinski definition) is 4. The third-order valence-electron chi connectivity index (χ3n) is 8.08. The Morgan fingerprint density at radius 3 is 2.68 bits per heavy atom. The van der Waals surface area contributed by atoms with Gasteiger partial charge in [0.2, 0.25) is 0 Å². The monoisotopic (exact) mass is 455 g/mol. The zero-order valence-electron chi connectivity index (χ0n) is 19.8. The molecule has 176 valence electrons. The van der Waals surface area contributed by atoms with Gasteiger partial charge in [0, 0.05) is 29.2 Å². The number of anilines is 2. The van der Waals surface area contributed by atoms with Crippen molar-refractivity contribution in [2.45, 2.75) is 69.1 Å². The van der Waals surface area contributed by atoms with Crippen molar-refractivity contribution in [3.05, 3.63) is 65.7 Å². The summed E-state index contributed by atoms with van der Waals surface area (Å²) < 4.78 is 0. The molecule has 3 aromatic rings. The highest BCUT2D eigenvalue weighted by atomic mass is 16.2. The molecule has 2 saturated heterocycles. The lowest BCUT2D eigenvalue weighted by Crippen LogP contribution is -2.55. The van der Waals surface area contributed by atoms with Gasteiger partial charge < -0.3 is 20.9 Å². The predicted molar refractivity (Wildman–Crippen MR) is 137 cm³/mol. The predicted octanol–water partition coefficient (Wildman–Crippen LogP) is 5.47. The maximum Gasteiger partial charge on any atom is 0.319 e. The number of urea groups is 1. The van der Waals surface area contributed by atoms with Crippen LogP contribution in [0.2, 0.25) is 0 Å². The van der Waals surface area contributed by atoms with Crippen molar-refractivity contribution in [3.63, 3.8) is 0 Å². The lowest BCUT2D eigenvalue weighted by Gasteiger charge is -2.47. The smallest absolute Gasteiger partial charge is 0.319 e.